The third-order valence-corrected chi connectivity index (χ3v) is 14.5. The van der Waals surface area contributed by atoms with Gasteiger partial charge in [-0.2, -0.15) is 0 Å². The summed E-state index contributed by atoms with van der Waals surface area (Å²) in [6.45, 7) is 4.03. The summed E-state index contributed by atoms with van der Waals surface area (Å²) in [6.07, 6.45) is 89.3. The van der Waals surface area contributed by atoms with Crippen molar-refractivity contribution in [2.24, 2.45) is 0 Å². The van der Waals surface area contributed by atoms with Gasteiger partial charge in [0.05, 0.1) is 6.61 Å². The second-order valence-electron chi connectivity index (χ2n) is 21.8. The lowest BCUT2D eigenvalue weighted by atomic mass is 10.0. The van der Waals surface area contributed by atoms with Gasteiger partial charge in [-0.15, -0.1) is 0 Å². The van der Waals surface area contributed by atoms with Gasteiger partial charge in [-0.1, -0.05) is 311 Å². The molecule has 0 saturated carbocycles. The Labute approximate surface area is 461 Å². The molecule has 0 fully saturated rings. The Balaban J connectivity index is 3.38. The van der Waals surface area contributed by atoms with Crippen molar-refractivity contribution in [2.45, 2.75) is 341 Å². The summed E-state index contributed by atoms with van der Waals surface area (Å²) < 4.78 is 10.7. The van der Waals surface area contributed by atoms with Crippen LogP contribution in [0.5, 0.6) is 0 Å². The summed E-state index contributed by atoms with van der Waals surface area (Å²) in [4.78, 5) is 24.6. The summed E-state index contributed by atoms with van der Waals surface area (Å²) in [5.41, 5.74) is 0. The second-order valence-corrected chi connectivity index (χ2v) is 21.8. The molecule has 0 spiro atoms. The highest BCUT2D eigenvalue weighted by molar-refractivity contribution is 5.70. The number of allylic oxidation sites excluding steroid dienone is 12. The van der Waals surface area contributed by atoms with Gasteiger partial charge in [0.25, 0.3) is 0 Å². The van der Waals surface area contributed by atoms with Crippen molar-refractivity contribution >= 4 is 11.9 Å². The number of hydrogen-bond donors (Lipinski definition) is 1. The Bertz CT molecular complexity index is 1310. The zero-order valence-corrected chi connectivity index (χ0v) is 49.4. The second kappa shape index (κ2) is 64.6. The van der Waals surface area contributed by atoms with Gasteiger partial charge >= 0.3 is 11.9 Å². The van der Waals surface area contributed by atoms with E-state index in [1.807, 2.05) is 0 Å². The summed E-state index contributed by atoms with van der Waals surface area (Å²) in [5.74, 6) is -0.580. The van der Waals surface area contributed by atoms with Crippen LogP contribution in [0.1, 0.15) is 335 Å². The summed E-state index contributed by atoms with van der Waals surface area (Å²) in [7, 11) is 0. The average Bonchev–Trinajstić information content (AvgIpc) is 3.40. The average molecular weight is 1030 g/mol. The largest absolute Gasteiger partial charge is 0.462 e. The van der Waals surface area contributed by atoms with Crippen LogP contribution in [0, 0.1) is 0 Å². The lowest BCUT2D eigenvalue weighted by molar-refractivity contribution is -0.161. The monoisotopic (exact) mass is 1030 g/mol. The highest BCUT2D eigenvalue weighted by Gasteiger charge is 2.16. The molecule has 0 bridgehead atoms. The number of carbonyl (C=O) groups is 2. The van der Waals surface area contributed by atoms with Crippen molar-refractivity contribution in [1.29, 1.82) is 0 Å². The number of aliphatic hydroxyl groups is 1. The van der Waals surface area contributed by atoms with E-state index < -0.39 is 6.10 Å². The molecule has 0 saturated heterocycles. The fraction of sp³-hybridized carbons (Fsp3) is 0.797. The zero-order valence-electron chi connectivity index (χ0n) is 49.4. The van der Waals surface area contributed by atoms with Crippen LogP contribution in [0.15, 0.2) is 72.9 Å². The molecule has 1 atom stereocenters. The van der Waals surface area contributed by atoms with E-state index in [9.17, 15) is 14.7 Å². The van der Waals surface area contributed by atoms with Gasteiger partial charge in [0.15, 0.2) is 6.10 Å². The van der Waals surface area contributed by atoms with E-state index in [-0.39, 0.29) is 25.2 Å². The minimum Gasteiger partial charge on any atom is -0.462 e. The van der Waals surface area contributed by atoms with Gasteiger partial charge < -0.3 is 14.6 Å². The minimum atomic E-state index is -0.774. The van der Waals surface area contributed by atoms with Gasteiger partial charge in [-0.05, 0) is 83.5 Å². The number of rotatable bonds is 60. The van der Waals surface area contributed by atoms with Crippen LogP contribution >= 0.6 is 0 Å². The predicted molar refractivity (Wildman–Crippen MR) is 325 cm³/mol. The molecule has 0 heterocycles. The molecule has 0 aromatic heterocycles. The van der Waals surface area contributed by atoms with Crippen LogP contribution in [0.2, 0.25) is 0 Å². The maximum absolute atomic E-state index is 12.3. The van der Waals surface area contributed by atoms with Crippen molar-refractivity contribution in [1.82, 2.24) is 0 Å². The van der Waals surface area contributed by atoms with Gasteiger partial charge in [0.2, 0.25) is 0 Å². The predicted octanol–water partition coefficient (Wildman–Crippen LogP) is 22.3. The van der Waals surface area contributed by atoms with Crippen molar-refractivity contribution in [3.63, 3.8) is 0 Å². The molecule has 0 aliphatic carbocycles. The quantitative estimate of drug-likeness (QED) is 0.0373. The van der Waals surface area contributed by atoms with E-state index >= 15 is 0 Å². The standard InChI is InChI=1S/C69H124O5/c1-3-5-7-9-11-13-15-17-19-21-23-24-25-26-27-28-29-30-31-32-33-34-35-36-37-38-39-40-41-42-43-44-46-48-50-52-54-56-58-60-62-64-69(72)74-67(65-70)66-73-68(71)63-61-59-57-55-53-51-49-47-45-22-20-18-16-14-12-10-8-6-4-2/h5,7,11-14,17-20,23-24,67,70H,3-4,6,8-10,15-16,21-22,25-66H2,1-2H3/b7-5-,13-11-,14-12-,19-17-,20-18-,24-23-. The first-order valence-corrected chi connectivity index (χ1v) is 32.5. The van der Waals surface area contributed by atoms with E-state index in [4.69, 9.17) is 9.47 Å². The third kappa shape index (κ3) is 61.9. The number of unbranched alkanes of at least 4 members (excludes halogenated alkanes) is 40. The molecule has 5 heteroatoms. The molecule has 0 aliphatic heterocycles. The first-order valence-electron chi connectivity index (χ1n) is 32.5. The summed E-state index contributed by atoms with van der Waals surface area (Å²) in [5, 5.41) is 9.67. The minimum absolute atomic E-state index is 0.0652. The van der Waals surface area contributed by atoms with Crippen molar-refractivity contribution in [3.05, 3.63) is 72.9 Å². The molecule has 0 amide bonds. The van der Waals surface area contributed by atoms with Crippen molar-refractivity contribution < 1.29 is 24.2 Å². The molecule has 0 aromatic rings. The van der Waals surface area contributed by atoms with Crippen molar-refractivity contribution in [2.75, 3.05) is 13.2 Å². The number of carbonyl (C=O) groups excluding carboxylic acids is 2. The van der Waals surface area contributed by atoms with Gasteiger partial charge in [0, 0.05) is 12.8 Å². The Morgan fingerprint density at radius 2 is 0.581 bits per heavy atom. The summed E-state index contributed by atoms with van der Waals surface area (Å²) in [6, 6.07) is 0. The first kappa shape index (κ1) is 71.3. The Morgan fingerprint density at radius 3 is 0.878 bits per heavy atom. The SMILES string of the molecule is CC/C=C\C/C=C\C/C=C\C/C=C\CCCCCCCCCCCCCCCCCCCCCCCCCCCCCCC(=O)OC(CO)COC(=O)CCCCCCCCCCC/C=C\C/C=C\CCCCC. The van der Waals surface area contributed by atoms with Crippen LogP contribution in [0.3, 0.4) is 0 Å². The molecule has 0 aliphatic rings. The number of esters is 2. The first-order chi connectivity index (χ1) is 36.6. The van der Waals surface area contributed by atoms with Gasteiger partial charge in [0.1, 0.15) is 6.61 Å². The normalized spacial score (nSPS) is 12.6. The highest BCUT2D eigenvalue weighted by Crippen LogP contribution is 2.18. The van der Waals surface area contributed by atoms with E-state index in [1.165, 1.54) is 238 Å². The molecule has 0 radical (unpaired) electrons. The number of ether oxygens (including phenoxy) is 2. The van der Waals surface area contributed by atoms with Crippen molar-refractivity contribution in [3.8, 4) is 0 Å². The molecule has 430 valence electrons. The number of aliphatic hydroxyl groups excluding tert-OH is 1. The fourth-order valence-corrected chi connectivity index (χ4v) is 9.64. The summed E-state index contributed by atoms with van der Waals surface area (Å²) >= 11 is 0. The molecule has 1 N–H and O–H groups in total. The molecule has 0 aromatic carbocycles. The van der Waals surface area contributed by atoms with Crippen LogP contribution in [-0.4, -0.2) is 36.4 Å². The zero-order chi connectivity index (χ0) is 53.4. The van der Waals surface area contributed by atoms with E-state index in [0.717, 1.165) is 70.6 Å². The number of hydrogen-bond acceptors (Lipinski definition) is 5. The smallest absolute Gasteiger partial charge is 0.306 e. The Kier molecular flexibility index (Phi) is 62.3. The lowest BCUT2D eigenvalue weighted by Gasteiger charge is -2.15. The topological polar surface area (TPSA) is 72.8 Å². The Morgan fingerprint density at radius 1 is 0.324 bits per heavy atom. The highest BCUT2D eigenvalue weighted by atomic mass is 16.6. The molecule has 74 heavy (non-hydrogen) atoms. The molecule has 1 unspecified atom stereocenters. The molecular formula is C69H124O5. The van der Waals surface area contributed by atoms with Gasteiger partial charge in [-0.25, -0.2) is 0 Å². The van der Waals surface area contributed by atoms with E-state index in [0.29, 0.717) is 12.8 Å². The van der Waals surface area contributed by atoms with E-state index in [1.54, 1.807) is 0 Å². The molecular weight excluding hydrogens is 909 g/mol. The molecule has 0 rings (SSSR count). The third-order valence-electron chi connectivity index (χ3n) is 14.5. The van der Waals surface area contributed by atoms with Crippen LogP contribution in [0.4, 0.5) is 0 Å². The Hall–Kier alpha value is -2.66. The fourth-order valence-electron chi connectivity index (χ4n) is 9.64. The molecule has 5 nitrogen and oxygen atoms in total. The van der Waals surface area contributed by atoms with Crippen LogP contribution in [-0.2, 0) is 19.1 Å². The lowest BCUT2D eigenvalue weighted by Crippen LogP contribution is -2.28. The van der Waals surface area contributed by atoms with E-state index in [2.05, 4.69) is 86.8 Å². The maximum Gasteiger partial charge on any atom is 0.306 e. The van der Waals surface area contributed by atoms with Gasteiger partial charge in [-0.3, -0.25) is 9.59 Å². The maximum atomic E-state index is 12.3. The van der Waals surface area contributed by atoms with Crippen LogP contribution < -0.4 is 0 Å². The van der Waals surface area contributed by atoms with Crippen LogP contribution in [0.25, 0.3) is 0 Å².